The summed E-state index contributed by atoms with van der Waals surface area (Å²) in [5.41, 5.74) is 8.36. The third-order valence-electron chi connectivity index (χ3n) is 3.94. The zero-order chi connectivity index (χ0) is 13.4. The summed E-state index contributed by atoms with van der Waals surface area (Å²) in [6, 6.07) is 7.84. The molecule has 4 nitrogen and oxygen atoms in total. The van der Waals surface area contributed by atoms with Crippen molar-refractivity contribution in [2.75, 3.05) is 6.54 Å². The van der Waals surface area contributed by atoms with Gasteiger partial charge in [-0.2, -0.15) is 4.99 Å². The quantitative estimate of drug-likeness (QED) is 0.901. The molecule has 1 saturated carbocycles. The van der Waals surface area contributed by atoms with E-state index in [1.807, 2.05) is 17.0 Å². The van der Waals surface area contributed by atoms with E-state index in [-0.39, 0.29) is 12.1 Å². The minimum atomic E-state index is -0.180. The van der Waals surface area contributed by atoms with Crippen LogP contribution in [0.25, 0.3) is 0 Å². The molecule has 19 heavy (non-hydrogen) atoms. The first-order valence-corrected chi connectivity index (χ1v) is 6.93. The Morgan fingerprint density at radius 2 is 2.11 bits per heavy atom. The lowest BCUT2D eigenvalue weighted by molar-refractivity contribution is 0.203. The fourth-order valence-electron chi connectivity index (χ4n) is 2.72. The van der Waals surface area contributed by atoms with E-state index < -0.39 is 0 Å². The molecule has 1 fully saturated rings. The molecule has 100 valence electrons. The summed E-state index contributed by atoms with van der Waals surface area (Å²) in [4.78, 5) is 17.8. The molecule has 1 heterocycles. The maximum Gasteiger partial charge on any atom is 0.346 e. The number of rotatable bonds is 4. The normalized spacial score (nSPS) is 22.8. The molecule has 2 aliphatic rings. The molecular formula is C15H19N3O. The van der Waals surface area contributed by atoms with E-state index in [4.69, 9.17) is 5.73 Å². The van der Waals surface area contributed by atoms with Gasteiger partial charge in [-0.05, 0) is 36.3 Å². The number of nitrogens with two attached hydrogens (primary N) is 1. The van der Waals surface area contributed by atoms with Crippen molar-refractivity contribution < 1.29 is 4.79 Å². The number of carbonyl (C=O) groups excluding carboxylic acids is 1. The number of nitrogens with zero attached hydrogens (tertiary/aromatic N) is 2. The SMILES string of the molecule is CCc1ccccc1C1C(N)=NC(=O)N1CC1CC1. The summed E-state index contributed by atoms with van der Waals surface area (Å²) in [5.74, 6) is 1.08. The zero-order valence-electron chi connectivity index (χ0n) is 11.2. The molecule has 1 unspecified atom stereocenters. The molecule has 2 amide bonds. The number of hydrogen-bond donors (Lipinski definition) is 1. The van der Waals surface area contributed by atoms with Crippen LogP contribution in [0.2, 0.25) is 0 Å². The minimum absolute atomic E-state index is 0.163. The minimum Gasteiger partial charge on any atom is -0.385 e. The van der Waals surface area contributed by atoms with Crippen molar-refractivity contribution >= 4 is 11.9 Å². The van der Waals surface area contributed by atoms with Gasteiger partial charge in [0.15, 0.2) is 0 Å². The standard InChI is InChI=1S/C15H19N3O/c1-2-11-5-3-4-6-12(11)13-14(16)17-15(19)18(13)9-10-7-8-10/h3-6,10,13H,2,7-9H2,1H3,(H2,16,17,19). The number of carbonyl (C=O) groups is 1. The molecule has 1 aromatic carbocycles. The molecule has 1 aromatic rings. The molecule has 1 aliphatic heterocycles. The van der Waals surface area contributed by atoms with Crippen LogP contribution in [0.15, 0.2) is 29.3 Å². The van der Waals surface area contributed by atoms with E-state index in [1.165, 1.54) is 18.4 Å². The van der Waals surface area contributed by atoms with Crippen molar-refractivity contribution in [2.24, 2.45) is 16.6 Å². The molecule has 0 saturated heterocycles. The molecule has 0 bridgehead atoms. The first kappa shape index (κ1) is 12.2. The average molecular weight is 257 g/mol. The lowest BCUT2D eigenvalue weighted by Crippen LogP contribution is -2.35. The molecule has 0 aromatic heterocycles. The largest absolute Gasteiger partial charge is 0.385 e. The van der Waals surface area contributed by atoms with Gasteiger partial charge in [-0.25, -0.2) is 4.79 Å². The monoisotopic (exact) mass is 257 g/mol. The van der Waals surface area contributed by atoms with Gasteiger partial charge in [0.25, 0.3) is 0 Å². The maximum atomic E-state index is 12.0. The highest BCUT2D eigenvalue weighted by Gasteiger charge is 2.38. The lowest BCUT2D eigenvalue weighted by Gasteiger charge is -2.26. The predicted molar refractivity (Wildman–Crippen MR) is 75.0 cm³/mol. The second-order valence-corrected chi connectivity index (χ2v) is 5.37. The van der Waals surface area contributed by atoms with Gasteiger partial charge < -0.3 is 10.6 Å². The zero-order valence-corrected chi connectivity index (χ0v) is 11.2. The summed E-state index contributed by atoms with van der Waals surface area (Å²) >= 11 is 0. The van der Waals surface area contributed by atoms with Crippen LogP contribution in [-0.4, -0.2) is 23.3 Å². The van der Waals surface area contributed by atoms with Crippen LogP contribution >= 0.6 is 0 Å². The Morgan fingerprint density at radius 3 is 2.79 bits per heavy atom. The van der Waals surface area contributed by atoms with Crippen LogP contribution < -0.4 is 5.73 Å². The highest BCUT2D eigenvalue weighted by Crippen LogP contribution is 2.36. The Bertz CT molecular complexity index is 534. The maximum absolute atomic E-state index is 12.0. The van der Waals surface area contributed by atoms with Gasteiger partial charge in [-0.3, -0.25) is 0 Å². The van der Waals surface area contributed by atoms with Gasteiger partial charge in [0.2, 0.25) is 0 Å². The van der Waals surface area contributed by atoms with Crippen molar-refractivity contribution in [1.29, 1.82) is 0 Å². The Balaban J connectivity index is 1.95. The van der Waals surface area contributed by atoms with Gasteiger partial charge in [-0.15, -0.1) is 0 Å². The number of urea groups is 1. The highest BCUT2D eigenvalue weighted by atomic mass is 16.2. The number of hydrogen-bond acceptors (Lipinski definition) is 2. The van der Waals surface area contributed by atoms with Crippen LogP contribution in [0.1, 0.15) is 36.9 Å². The van der Waals surface area contributed by atoms with Crippen LogP contribution in [-0.2, 0) is 6.42 Å². The Hall–Kier alpha value is -1.84. The number of aliphatic imine (C=N–C) groups is 1. The van der Waals surface area contributed by atoms with Crippen molar-refractivity contribution in [3.05, 3.63) is 35.4 Å². The molecule has 1 aliphatic carbocycles. The van der Waals surface area contributed by atoms with Crippen LogP contribution in [0.3, 0.4) is 0 Å². The fourth-order valence-corrected chi connectivity index (χ4v) is 2.72. The van der Waals surface area contributed by atoms with Gasteiger partial charge >= 0.3 is 6.03 Å². The molecule has 0 spiro atoms. The first-order valence-electron chi connectivity index (χ1n) is 6.93. The topological polar surface area (TPSA) is 58.7 Å². The van der Waals surface area contributed by atoms with E-state index in [1.54, 1.807) is 0 Å². The summed E-state index contributed by atoms with van der Waals surface area (Å²) < 4.78 is 0. The smallest absolute Gasteiger partial charge is 0.346 e. The van der Waals surface area contributed by atoms with Crippen LogP contribution in [0.4, 0.5) is 4.79 Å². The third kappa shape index (κ3) is 2.23. The second kappa shape index (κ2) is 4.68. The van der Waals surface area contributed by atoms with Crippen LogP contribution in [0, 0.1) is 5.92 Å². The van der Waals surface area contributed by atoms with Gasteiger partial charge in [-0.1, -0.05) is 31.2 Å². The van der Waals surface area contributed by atoms with Crippen molar-refractivity contribution in [1.82, 2.24) is 4.90 Å². The first-order chi connectivity index (χ1) is 9.20. The molecule has 4 heteroatoms. The van der Waals surface area contributed by atoms with E-state index in [2.05, 4.69) is 24.0 Å². The van der Waals surface area contributed by atoms with Crippen molar-refractivity contribution in [3.63, 3.8) is 0 Å². The number of benzene rings is 1. The number of amides is 2. The van der Waals surface area contributed by atoms with E-state index in [0.717, 1.165) is 18.5 Å². The Labute approximate surface area is 113 Å². The second-order valence-electron chi connectivity index (χ2n) is 5.37. The third-order valence-corrected chi connectivity index (χ3v) is 3.94. The Kier molecular flexibility index (Phi) is 3.01. The van der Waals surface area contributed by atoms with Gasteiger partial charge in [0, 0.05) is 6.54 Å². The van der Waals surface area contributed by atoms with E-state index >= 15 is 0 Å². The van der Waals surface area contributed by atoms with Crippen molar-refractivity contribution in [2.45, 2.75) is 32.2 Å². The van der Waals surface area contributed by atoms with E-state index in [9.17, 15) is 4.79 Å². The lowest BCUT2D eigenvalue weighted by atomic mass is 9.97. The van der Waals surface area contributed by atoms with Gasteiger partial charge in [0.05, 0.1) is 0 Å². The van der Waals surface area contributed by atoms with Gasteiger partial charge in [0.1, 0.15) is 11.9 Å². The molecular weight excluding hydrogens is 238 g/mol. The molecule has 3 rings (SSSR count). The molecule has 0 radical (unpaired) electrons. The highest BCUT2D eigenvalue weighted by molar-refractivity contribution is 6.03. The summed E-state index contributed by atoms with van der Waals surface area (Å²) in [6.07, 6.45) is 3.36. The summed E-state index contributed by atoms with van der Waals surface area (Å²) in [7, 11) is 0. The average Bonchev–Trinajstić information content (AvgIpc) is 3.17. The number of aryl methyl sites for hydroxylation is 1. The van der Waals surface area contributed by atoms with E-state index in [0.29, 0.717) is 11.8 Å². The molecule has 1 atom stereocenters. The summed E-state index contributed by atoms with van der Waals surface area (Å²) in [5, 5.41) is 0. The Morgan fingerprint density at radius 1 is 1.37 bits per heavy atom. The number of amidine groups is 1. The van der Waals surface area contributed by atoms with Crippen molar-refractivity contribution in [3.8, 4) is 0 Å². The molecule has 2 N–H and O–H groups in total. The van der Waals surface area contributed by atoms with Crippen LogP contribution in [0.5, 0.6) is 0 Å². The fraction of sp³-hybridized carbons (Fsp3) is 0.467. The predicted octanol–water partition coefficient (Wildman–Crippen LogP) is 2.49. The summed E-state index contributed by atoms with van der Waals surface area (Å²) in [6.45, 7) is 2.90.